The lowest BCUT2D eigenvalue weighted by molar-refractivity contribution is -0.117. The van der Waals surface area contributed by atoms with Crippen molar-refractivity contribution in [2.24, 2.45) is 0 Å². The third-order valence-electron chi connectivity index (χ3n) is 4.81. The maximum atomic E-state index is 12.4. The number of halogens is 1. The van der Waals surface area contributed by atoms with Crippen LogP contribution in [0.15, 0.2) is 34.4 Å². The number of aromatic nitrogens is 2. The predicted octanol–water partition coefficient (Wildman–Crippen LogP) is 1.86. The molecular formula is C17H18BrN5O2S. The fourth-order valence-electron chi connectivity index (χ4n) is 3.46. The summed E-state index contributed by atoms with van der Waals surface area (Å²) in [5, 5.41) is 2.36. The SMILES string of the molecule is O=C(c1nccs1)N1CCN(C2CC(=O)N(c3cccc(Br)n3)C2)CC1. The highest BCUT2D eigenvalue weighted by Gasteiger charge is 2.36. The number of carbonyl (C=O) groups is 2. The average Bonchev–Trinajstić information content (AvgIpc) is 3.31. The van der Waals surface area contributed by atoms with Crippen LogP contribution in [0.25, 0.3) is 0 Å². The zero-order valence-electron chi connectivity index (χ0n) is 14.0. The van der Waals surface area contributed by atoms with Crippen LogP contribution in [0.3, 0.4) is 0 Å². The number of rotatable bonds is 3. The maximum Gasteiger partial charge on any atom is 0.282 e. The van der Waals surface area contributed by atoms with Crippen molar-refractivity contribution < 1.29 is 9.59 Å². The summed E-state index contributed by atoms with van der Waals surface area (Å²) in [5.41, 5.74) is 0. The van der Waals surface area contributed by atoms with E-state index in [1.165, 1.54) is 11.3 Å². The summed E-state index contributed by atoms with van der Waals surface area (Å²) in [6.45, 7) is 3.52. The molecule has 2 aliphatic heterocycles. The molecular weight excluding hydrogens is 418 g/mol. The van der Waals surface area contributed by atoms with Crippen molar-refractivity contribution >= 4 is 44.9 Å². The summed E-state index contributed by atoms with van der Waals surface area (Å²) in [7, 11) is 0. The molecule has 0 spiro atoms. The van der Waals surface area contributed by atoms with Gasteiger partial charge in [-0.25, -0.2) is 9.97 Å². The zero-order chi connectivity index (χ0) is 18.1. The van der Waals surface area contributed by atoms with Crippen LogP contribution in [0, 0.1) is 0 Å². The molecule has 2 amide bonds. The first kappa shape index (κ1) is 17.6. The van der Waals surface area contributed by atoms with Gasteiger partial charge >= 0.3 is 0 Å². The second kappa shape index (κ2) is 7.42. The van der Waals surface area contributed by atoms with Crippen LogP contribution < -0.4 is 4.90 Å². The van der Waals surface area contributed by atoms with E-state index >= 15 is 0 Å². The first-order valence-corrected chi connectivity index (χ1v) is 10.1. The van der Waals surface area contributed by atoms with E-state index in [4.69, 9.17) is 0 Å². The molecule has 2 aliphatic rings. The fraction of sp³-hybridized carbons (Fsp3) is 0.412. The number of thiazole rings is 1. The van der Waals surface area contributed by atoms with Crippen LogP contribution in [-0.4, -0.2) is 70.3 Å². The lowest BCUT2D eigenvalue weighted by atomic mass is 10.2. The van der Waals surface area contributed by atoms with E-state index in [1.54, 1.807) is 11.1 Å². The highest BCUT2D eigenvalue weighted by molar-refractivity contribution is 9.10. The van der Waals surface area contributed by atoms with Gasteiger partial charge in [-0.3, -0.25) is 19.4 Å². The van der Waals surface area contributed by atoms with Gasteiger partial charge < -0.3 is 4.90 Å². The largest absolute Gasteiger partial charge is 0.334 e. The Balaban J connectivity index is 1.36. The molecule has 2 saturated heterocycles. The minimum absolute atomic E-state index is 0.00195. The molecule has 4 rings (SSSR count). The van der Waals surface area contributed by atoms with E-state index in [1.807, 2.05) is 28.5 Å². The highest BCUT2D eigenvalue weighted by Crippen LogP contribution is 2.25. The Labute approximate surface area is 163 Å². The van der Waals surface area contributed by atoms with Gasteiger partial charge in [-0.05, 0) is 28.1 Å². The molecule has 0 aliphatic carbocycles. The molecule has 26 heavy (non-hydrogen) atoms. The molecule has 2 aromatic rings. The number of pyridine rings is 1. The zero-order valence-corrected chi connectivity index (χ0v) is 16.4. The summed E-state index contributed by atoms with van der Waals surface area (Å²) in [6.07, 6.45) is 2.15. The van der Waals surface area contributed by atoms with E-state index in [9.17, 15) is 9.59 Å². The topological polar surface area (TPSA) is 69.6 Å². The number of hydrogen-bond donors (Lipinski definition) is 0. The molecule has 0 saturated carbocycles. The molecule has 2 fully saturated rings. The molecule has 4 heterocycles. The van der Waals surface area contributed by atoms with Crippen molar-refractivity contribution in [3.8, 4) is 0 Å². The molecule has 136 valence electrons. The van der Waals surface area contributed by atoms with Gasteiger partial charge in [0, 0.05) is 56.8 Å². The van der Waals surface area contributed by atoms with E-state index in [2.05, 4.69) is 30.8 Å². The Morgan fingerprint density at radius 3 is 2.73 bits per heavy atom. The Morgan fingerprint density at radius 1 is 1.23 bits per heavy atom. The van der Waals surface area contributed by atoms with Crippen molar-refractivity contribution in [2.75, 3.05) is 37.6 Å². The lowest BCUT2D eigenvalue weighted by Crippen LogP contribution is -2.52. The van der Waals surface area contributed by atoms with Gasteiger partial charge in [-0.1, -0.05) is 6.07 Å². The molecule has 7 nitrogen and oxygen atoms in total. The van der Waals surface area contributed by atoms with Crippen LogP contribution in [0.4, 0.5) is 5.82 Å². The predicted molar refractivity (Wildman–Crippen MR) is 102 cm³/mol. The fourth-order valence-corrected chi connectivity index (χ4v) is 4.39. The van der Waals surface area contributed by atoms with Gasteiger partial charge in [-0.2, -0.15) is 0 Å². The van der Waals surface area contributed by atoms with Gasteiger partial charge in [0.25, 0.3) is 5.91 Å². The van der Waals surface area contributed by atoms with E-state index in [0.717, 1.165) is 17.7 Å². The van der Waals surface area contributed by atoms with Crippen molar-refractivity contribution in [1.82, 2.24) is 19.8 Å². The average molecular weight is 436 g/mol. The molecule has 1 unspecified atom stereocenters. The van der Waals surface area contributed by atoms with Crippen molar-refractivity contribution in [3.05, 3.63) is 39.4 Å². The minimum atomic E-state index is 0.00195. The Hall–Kier alpha value is -1.84. The second-order valence-electron chi connectivity index (χ2n) is 6.35. The summed E-state index contributed by atoms with van der Waals surface area (Å²) < 4.78 is 0.723. The van der Waals surface area contributed by atoms with Crippen LogP contribution >= 0.6 is 27.3 Å². The van der Waals surface area contributed by atoms with E-state index in [0.29, 0.717) is 36.9 Å². The molecule has 9 heteroatoms. The summed E-state index contributed by atoms with van der Waals surface area (Å²) in [6, 6.07) is 5.76. The number of hydrogen-bond acceptors (Lipinski definition) is 6. The first-order chi connectivity index (χ1) is 12.6. The van der Waals surface area contributed by atoms with Gasteiger partial charge in [0.15, 0.2) is 5.01 Å². The van der Waals surface area contributed by atoms with Crippen LogP contribution in [0.1, 0.15) is 16.2 Å². The summed E-state index contributed by atoms with van der Waals surface area (Å²) in [5.74, 6) is 0.786. The molecule has 0 N–H and O–H groups in total. The third kappa shape index (κ3) is 3.51. The smallest absolute Gasteiger partial charge is 0.282 e. The quantitative estimate of drug-likeness (QED) is 0.688. The van der Waals surface area contributed by atoms with E-state index < -0.39 is 0 Å². The molecule has 2 aromatic heterocycles. The van der Waals surface area contributed by atoms with E-state index in [-0.39, 0.29) is 17.9 Å². The van der Waals surface area contributed by atoms with Crippen LogP contribution in [0.5, 0.6) is 0 Å². The van der Waals surface area contributed by atoms with Crippen LogP contribution in [-0.2, 0) is 4.79 Å². The van der Waals surface area contributed by atoms with Crippen molar-refractivity contribution in [3.63, 3.8) is 0 Å². The molecule has 0 radical (unpaired) electrons. The normalized spacial score (nSPS) is 21.4. The van der Waals surface area contributed by atoms with Gasteiger partial charge in [-0.15, -0.1) is 11.3 Å². The molecule has 0 aromatic carbocycles. The Kier molecular flexibility index (Phi) is 5.01. The number of carbonyl (C=O) groups excluding carboxylic acids is 2. The third-order valence-corrected chi connectivity index (χ3v) is 6.02. The minimum Gasteiger partial charge on any atom is -0.334 e. The number of nitrogens with zero attached hydrogens (tertiary/aromatic N) is 5. The van der Waals surface area contributed by atoms with Crippen molar-refractivity contribution in [1.29, 1.82) is 0 Å². The summed E-state index contributed by atoms with van der Waals surface area (Å²) in [4.78, 5) is 39.2. The number of anilines is 1. The highest BCUT2D eigenvalue weighted by atomic mass is 79.9. The standard InChI is InChI=1S/C17H18BrN5O2S/c18-13-2-1-3-14(20-13)23-11-12(10-15(23)24)21-5-7-22(8-6-21)17(25)16-19-4-9-26-16/h1-4,9,12H,5-8,10-11H2. The van der Waals surface area contributed by atoms with Gasteiger partial charge in [0.2, 0.25) is 5.91 Å². The maximum absolute atomic E-state index is 12.4. The number of piperazine rings is 1. The van der Waals surface area contributed by atoms with Crippen LogP contribution in [0.2, 0.25) is 0 Å². The van der Waals surface area contributed by atoms with Gasteiger partial charge in [0.05, 0.1) is 0 Å². The van der Waals surface area contributed by atoms with Crippen molar-refractivity contribution in [2.45, 2.75) is 12.5 Å². The lowest BCUT2D eigenvalue weighted by Gasteiger charge is -2.37. The van der Waals surface area contributed by atoms with Gasteiger partial charge in [0.1, 0.15) is 10.4 Å². The number of amides is 2. The molecule has 0 bridgehead atoms. The summed E-state index contributed by atoms with van der Waals surface area (Å²) >= 11 is 4.73. The Bertz CT molecular complexity index is 807. The second-order valence-corrected chi connectivity index (χ2v) is 8.05. The Morgan fingerprint density at radius 2 is 2.04 bits per heavy atom. The molecule has 1 atom stereocenters. The monoisotopic (exact) mass is 435 g/mol. The first-order valence-electron chi connectivity index (χ1n) is 8.47.